The second-order valence-corrected chi connectivity index (χ2v) is 6.00. The molecule has 1 N–H and O–H groups in total. The molecule has 0 fully saturated rings. The summed E-state index contributed by atoms with van der Waals surface area (Å²) in [5, 5.41) is 4.44. The van der Waals surface area contributed by atoms with E-state index in [4.69, 9.17) is 46.4 Å². The third kappa shape index (κ3) is 4.52. The van der Waals surface area contributed by atoms with Crippen LogP contribution in [-0.4, -0.2) is 5.91 Å². The third-order valence-electron chi connectivity index (χ3n) is 2.85. The lowest BCUT2D eigenvalue weighted by Crippen LogP contribution is -2.12. The van der Waals surface area contributed by atoms with Gasteiger partial charge in [0.05, 0.1) is 25.8 Å². The van der Waals surface area contributed by atoms with Crippen LogP contribution >= 0.6 is 46.4 Å². The maximum atomic E-state index is 11.9. The van der Waals surface area contributed by atoms with E-state index in [1.165, 1.54) is 0 Å². The molecule has 2 rings (SSSR count). The van der Waals surface area contributed by atoms with Gasteiger partial charge in [0.25, 0.3) is 0 Å². The number of benzene rings is 2. The predicted molar refractivity (Wildman–Crippen MR) is 89.9 cm³/mol. The lowest BCUT2D eigenvalue weighted by atomic mass is 10.1. The Kier molecular flexibility index (Phi) is 5.77. The fourth-order valence-electron chi connectivity index (χ4n) is 1.77. The third-order valence-corrected chi connectivity index (χ3v) is 4.41. The van der Waals surface area contributed by atoms with Crippen LogP contribution in [0, 0.1) is 0 Å². The first-order chi connectivity index (χ1) is 9.97. The Labute approximate surface area is 143 Å². The quantitative estimate of drug-likeness (QED) is 0.723. The Hall–Kier alpha value is -0.930. The summed E-state index contributed by atoms with van der Waals surface area (Å²) in [4.78, 5) is 11.9. The van der Waals surface area contributed by atoms with E-state index in [0.717, 1.165) is 5.56 Å². The van der Waals surface area contributed by atoms with Crippen LogP contribution in [0.15, 0.2) is 36.4 Å². The SMILES string of the molecule is O=C(CCc1ccc(Cl)c(Cl)c1)Nc1cccc(Cl)c1Cl. The van der Waals surface area contributed by atoms with Crippen LogP contribution in [0.1, 0.15) is 12.0 Å². The van der Waals surface area contributed by atoms with Gasteiger partial charge in [0.2, 0.25) is 5.91 Å². The zero-order valence-corrected chi connectivity index (χ0v) is 13.8. The number of carbonyl (C=O) groups is 1. The summed E-state index contributed by atoms with van der Waals surface area (Å²) in [6.07, 6.45) is 0.863. The molecule has 0 heterocycles. The Morgan fingerprint density at radius 1 is 0.952 bits per heavy atom. The number of nitrogens with one attached hydrogen (secondary N) is 1. The summed E-state index contributed by atoms with van der Waals surface area (Å²) >= 11 is 23.7. The van der Waals surface area contributed by atoms with Gasteiger partial charge in [0, 0.05) is 6.42 Å². The lowest BCUT2D eigenvalue weighted by Gasteiger charge is -2.08. The molecule has 0 aliphatic rings. The standard InChI is InChI=1S/C15H11Cl4NO/c16-10-6-4-9(8-12(10)18)5-7-14(21)20-13-3-1-2-11(17)15(13)19/h1-4,6,8H,5,7H2,(H,20,21). The monoisotopic (exact) mass is 361 g/mol. The van der Waals surface area contributed by atoms with Crippen molar-refractivity contribution in [2.24, 2.45) is 0 Å². The molecule has 2 aromatic carbocycles. The van der Waals surface area contributed by atoms with Gasteiger partial charge in [-0.2, -0.15) is 0 Å². The first-order valence-electron chi connectivity index (χ1n) is 6.15. The molecular weight excluding hydrogens is 352 g/mol. The van der Waals surface area contributed by atoms with E-state index in [0.29, 0.717) is 38.6 Å². The molecule has 0 bridgehead atoms. The zero-order chi connectivity index (χ0) is 15.4. The molecule has 0 aliphatic heterocycles. The van der Waals surface area contributed by atoms with E-state index in [1.54, 1.807) is 30.3 Å². The number of hydrogen-bond donors (Lipinski definition) is 1. The van der Waals surface area contributed by atoms with E-state index in [9.17, 15) is 4.79 Å². The van der Waals surface area contributed by atoms with Crippen molar-refractivity contribution in [3.8, 4) is 0 Å². The van der Waals surface area contributed by atoms with E-state index in [2.05, 4.69) is 5.32 Å². The van der Waals surface area contributed by atoms with Crippen molar-refractivity contribution < 1.29 is 4.79 Å². The molecular formula is C15H11Cl4NO. The number of halogens is 4. The molecule has 0 radical (unpaired) electrons. The molecule has 0 aliphatic carbocycles. The maximum absolute atomic E-state index is 11.9. The molecule has 110 valence electrons. The number of carbonyl (C=O) groups excluding carboxylic acids is 1. The van der Waals surface area contributed by atoms with Crippen LogP contribution < -0.4 is 5.32 Å². The summed E-state index contributed by atoms with van der Waals surface area (Å²) < 4.78 is 0. The second-order valence-electron chi connectivity index (χ2n) is 4.40. The number of rotatable bonds is 4. The van der Waals surface area contributed by atoms with E-state index in [1.807, 2.05) is 6.07 Å². The van der Waals surface area contributed by atoms with Crippen molar-refractivity contribution in [3.05, 3.63) is 62.1 Å². The van der Waals surface area contributed by atoms with Gasteiger partial charge in [-0.3, -0.25) is 4.79 Å². The minimum atomic E-state index is -0.148. The molecule has 2 nitrogen and oxygen atoms in total. The molecule has 2 aromatic rings. The van der Waals surface area contributed by atoms with Crippen molar-refractivity contribution in [2.75, 3.05) is 5.32 Å². The summed E-state index contributed by atoms with van der Waals surface area (Å²) in [5.74, 6) is -0.148. The summed E-state index contributed by atoms with van der Waals surface area (Å²) in [6.45, 7) is 0. The molecule has 0 aromatic heterocycles. The smallest absolute Gasteiger partial charge is 0.224 e. The van der Waals surface area contributed by atoms with Crippen LogP contribution in [0.4, 0.5) is 5.69 Å². The predicted octanol–water partition coefficient (Wildman–Crippen LogP) is 5.87. The van der Waals surface area contributed by atoms with Crippen LogP contribution in [0.5, 0.6) is 0 Å². The molecule has 0 spiro atoms. The van der Waals surface area contributed by atoms with Crippen LogP contribution in [0.3, 0.4) is 0 Å². The van der Waals surface area contributed by atoms with Crippen molar-refractivity contribution in [1.82, 2.24) is 0 Å². The number of anilines is 1. The number of hydrogen-bond acceptors (Lipinski definition) is 1. The highest BCUT2D eigenvalue weighted by Crippen LogP contribution is 2.29. The highest BCUT2D eigenvalue weighted by Gasteiger charge is 2.09. The number of aryl methyl sites for hydroxylation is 1. The van der Waals surface area contributed by atoms with Crippen molar-refractivity contribution in [3.63, 3.8) is 0 Å². The summed E-state index contributed by atoms with van der Waals surface area (Å²) in [6, 6.07) is 10.4. The zero-order valence-electron chi connectivity index (χ0n) is 10.8. The van der Waals surface area contributed by atoms with Crippen LogP contribution in [0.2, 0.25) is 20.1 Å². The minimum absolute atomic E-state index is 0.148. The Morgan fingerprint density at radius 3 is 2.43 bits per heavy atom. The van der Waals surface area contributed by atoms with Gasteiger partial charge in [-0.15, -0.1) is 0 Å². The fraction of sp³-hybridized carbons (Fsp3) is 0.133. The molecule has 6 heteroatoms. The average molecular weight is 363 g/mol. The van der Waals surface area contributed by atoms with Crippen molar-refractivity contribution in [2.45, 2.75) is 12.8 Å². The molecule has 0 unspecified atom stereocenters. The Bertz CT molecular complexity index is 673. The van der Waals surface area contributed by atoms with E-state index < -0.39 is 0 Å². The van der Waals surface area contributed by atoms with Crippen molar-refractivity contribution >= 4 is 58.0 Å². The van der Waals surface area contributed by atoms with Gasteiger partial charge in [0.15, 0.2) is 0 Å². The lowest BCUT2D eigenvalue weighted by molar-refractivity contribution is -0.116. The summed E-state index contributed by atoms with van der Waals surface area (Å²) in [7, 11) is 0. The van der Waals surface area contributed by atoms with Gasteiger partial charge in [-0.25, -0.2) is 0 Å². The highest BCUT2D eigenvalue weighted by molar-refractivity contribution is 6.44. The molecule has 0 saturated heterocycles. The average Bonchev–Trinajstić information content (AvgIpc) is 2.45. The van der Waals surface area contributed by atoms with Gasteiger partial charge in [-0.05, 0) is 36.2 Å². The second kappa shape index (κ2) is 7.37. The topological polar surface area (TPSA) is 29.1 Å². The van der Waals surface area contributed by atoms with Crippen molar-refractivity contribution in [1.29, 1.82) is 0 Å². The van der Waals surface area contributed by atoms with Gasteiger partial charge < -0.3 is 5.32 Å². The molecule has 1 amide bonds. The molecule has 0 atom stereocenters. The first-order valence-corrected chi connectivity index (χ1v) is 7.66. The summed E-state index contributed by atoms with van der Waals surface area (Å²) in [5.41, 5.74) is 1.44. The fourth-order valence-corrected chi connectivity index (χ4v) is 2.43. The van der Waals surface area contributed by atoms with Gasteiger partial charge in [-0.1, -0.05) is 58.5 Å². The maximum Gasteiger partial charge on any atom is 0.224 e. The largest absolute Gasteiger partial charge is 0.325 e. The Morgan fingerprint density at radius 2 is 1.71 bits per heavy atom. The molecule has 21 heavy (non-hydrogen) atoms. The Balaban J connectivity index is 1.96. The highest BCUT2D eigenvalue weighted by atomic mass is 35.5. The van der Waals surface area contributed by atoms with Crippen LogP contribution in [-0.2, 0) is 11.2 Å². The minimum Gasteiger partial charge on any atom is -0.325 e. The van der Waals surface area contributed by atoms with Gasteiger partial charge >= 0.3 is 0 Å². The number of amides is 1. The normalized spacial score (nSPS) is 10.5. The first kappa shape index (κ1) is 16.4. The van der Waals surface area contributed by atoms with E-state index >= 15 is 0 Å². The van der Waals surface area contributed by atoms with Crippen LogP contribution in [0.25, 0.3) is 0 Å². The van der Waals surface area contributed by atoms with Gasteiger partial charge in [0.1, 0.15) is 0 Å². The van der Waals surface area contributed by atoms with E-state index in [-0.39, 0.29) is 5.91 Å². The molecule has 0 saturated carbocycles.